The van der Waals surface area contributed by atoms with E-state index in [1.54, 1.807) is 7.11 Å². The van der Waals surface area contributed by atoms with Crippen molar-refractivity contribution in [1.82, 2.24) is 5.32 Å². The molecule has 0 radical (unpaired) electrons. The van der Waals surface area contributed by atoms with Gasteiger partial charge in [0, 0.05) is 24.2 Å². The minimum atomic E-state index is -0.129. The summed E-state index contributed by atoms with van der Waals surface area (Å²) in [6.45, 7) is 7.14. The highest BCUT2D eigenvalue weighted by Gasteiger charge is 2.18. The molecule has 0 heterocycles. The molecule has 3 heteroatoms. The van der Waals surface area contributed by atoms with E-state index in [0.717, 1.165) is 11.0 Å². The number of halogens is 1. The summed E-state index contributed by atoms with van der Waals surface area (Å²) in [6.07, 6.45) is 0. The Morgan fingerprint density at radius 1 is 1.38 bits per heavy atom. The second kappa shape index (κ2) is 5.80. The van der Waals surface area contributed by atoms with Crippen LogP contribution in [0.25, 0.3) is 0 Å². The first-order chi connectivity index (χ1) is 7.46. The molecule has 1 atom stereocenters. The number of hydrogen-bond acceptors (Lipinski definition) is 2. The summed E-state index contributed by atoms with van der Waals surface area (Å²) in [5.74, 6) is 0. The van der Waals surface area contributed by atoms with Crippen molar-refractivity contribution in [2.75, 3.05) is 13.7 Å². The molecule has 1 rings (SSSR count). The number of hydrogen-bond donors (Lipinski definition) is 1. The predicted octanol–water partition coefficient (Wildman–Crippen LogP) is 3.52. The molecular weight excluding hydrogens is 266 g/mol. The molecule has 1 unspecified atom stereocenters. The Bertz CT molecular complexity index is 338. The molecule has 1 N–H and O–H groups in total. The second-order valence-corrected chi connectivity index (χ2v) is 5.44. The summed E-state index contributed by atoms with van der Waals surface area (Å²) in [5, 5.41) is 3.48. The fraction of sp³-hybridized carbons (Fsp3) is 0.538. The topological polar surface area (TPSA) is 21.3 Å². The van der Waals surface area contributed by atoms with Crippen LogP contribution in [0.2, 0.25) is 0 Å². The molecule has 0 amide bonds. The monoisotopic (exact) mass is 285 g/mol. The summed E-state index contributed by atoms with van der Waals surface area (Å²) < 4.78 is 6.52. The molecule has 0 spiro atoms. The van der Waals surface area contributed by atoms with Crippen LogP contribution in [-0.4, -0.2) is 19.3 Å². The first kappa shape index (κ1) is 13.7. The summed E-state index contributed by atoms with van der Waals surface area (Å²) in [5.41, 5.74) is 1.14. The highest BCUT2D eigenvalue weighted by molar-refractivity contribution is 9.10. The van der Waals surface area contributed by atoms with Gasteiger partial charge in [-0.2, -0.15) is 0 Å². The molecule has 0 aliphatic rings. The average molecular weight is 286 g/mol. The number of rotatable bonds is 5. The molecule has 16 heavy (non-hydrogen) atoms. The fourth-order valence-electron chi connectivity index (χ4n) is 1.41. The SMILES string of the molecule is COC(C)(C)CNC(C)c1ccccc1Br. The molecule has 1 aromatic rings. The highest BCUT2D eigenvalue weighted by Crippen LogP contribution is 2.23. The van der Waals surface area contributed by atoms with Crippen molar-refractivity contribution in [1.29, 1.82) is 0 Å². The zero-order valence-electron chi connectivity index (χ0n) is 10.4. The first-order valence-corrected chi connectivity index (χ1v) is 6.28. The van der Waals surface area contributed by atoms with Crippen molar-refractivity contribution in [3.05, 3.63) is 34.3 Å². The lowest BCUT2D eigenvalue weighted by atomic mass is 10.1. The van der Waals surface area contributed by atoms with Gasteiger partial charge < -0.3 is 10.1 Å². The average Bonchev–Trinajstić information content (AvgIpc) is 2.27. The molecule has 0 saturated carbocycles. The summed E-state index contributed by atoms with van der Waals surface area (Å²) in [6, 6.07) is 8.58. The van der Waals surface area contributed by atoms with Crippen LogP contribution in [0.4, 0.5) is 0 Å². The minimum absolute atomic E-state index is 0.129. The molecule has 0 saturated heterocycles. The minimum Gasteiger partial charge on any atom is -0.377 e. The summed E-state index contributed by atoms with van der Waals surface area (Å²) >= 11 is 3.56. The summed E-state index contributed by atoms with van der Waals surface area (Å²) in [4.78, 5) is 0. The van der Waals surface area contributed by atoms with E-state index in [1.165, 1.54) is 5.56 Å². The smallest absolute Gasteiger partial charge is 0.0746 e. The van der Waals surface area contributed by atoms with Crippen LogP contribution >= 0.6 is 15.9 Å². The number of methoxy groups -OCH3 is 1. The molecule has 1 aromatic carbocycles. The van der Waals surface area contributed by atoms with Gasteiger partial charge in [-0.3, -0.25) is 0 Å². The lowest BCUT2D eigenvalue weighted by Gasteiger charge is -2.26. The van der Waals surface area contributed by atoms with Crippen LogP contribution in [0.5, 0.6) is 0 Å². The van der Waals surface area contributed by atoms with Crippen LogP contribution in [0.3, 0.4) is 0 Å². The van der Waals surface area contributed by atoms with Crippen LogP contribution in [0.1, 0.15) is 32.4 Å². The predicted molar refractivity (Wildman–Crippen MR) is 71.6 cm³/mol. The second-order valence-electron chi connectivity index (χ2n) is 4.59. The molecule has 0 bridgehead atoms. The van der Waals surface area contributed by atoms with Gasteiger partial charge in [-0.25, -0.2) is 0 Å². The van der Waals surface area contributed by atoms with Crippen LogP contribution < -0.4 is 5.32 Å². The molecule has 0 aromatic heterocycles. The van der Waals surface area contributed by atoms with Crippen molar-refractivity contribution in [3.63, 3.8) is 0 Å². The van der Waals surface area contributed by atoms with E-state index in [-0.39, 0.29) is 5.60 Å². The Labute approximate surface area is 107 Å². The van der Waals surface area contributed by atoms with Gasteiger partial charge in [0.1, 0.15) is 0 Å². The van der Waals surface area contributed by atoms with E-state index in [2.05, 4.69) is 60.2 Å². The Morgan fingerprint density at radius 2 is 2.00 bits per heavy atom. The van der Waals surface area contributed by atoms with Gasteiger partial charge in [0.25, 0.3) is 0 Å². The van der Waals surface area contributed by atoms with E-state index in [1.807, 2.05) is 6.07 Å². The number of ether oxygens (including phenoxy) is 1. The quantitative estimate of drug-likeness (QED) is 0.894. The van der Waals surface area contributed by atoms with Crippen molar-refractivity contribution >= 4 is 15.9 Å². The summed E-state index contributed by atoms with van der Waals surface area (Å²) in [7, 11) is 1.74. The van der Waals surface area contributed by atoms with Crippen molar-refractivity contribution in [2.24, 2.45) is 0 Å². The third-order valence-electron chi connectivity index (χ3n) is 2.76. The number of benzene rings is 1. The van der Waals surface area contributed by atoms with Crippen LogP contribution in [0, 0.1) is 0 Å². The Hall–Kier alpha value is -0.380. The number of nitrogens with one attached hydrogen (secondary N) is 1. The van der Waals surface area contributed by atoms with Gasteiger partial charge in [-0.05, 0) is 32.4 Å². The van der Waals surface area contributed by atoms with Gasteiger partial charge in [0.05, 0.1) is 5.60 Å². The van der Waals surface area contributed by atoms with E-state index < -0.39 is 0 Å². The highest BCUT2D eigenvalue weighted by atomic mass is 79.9. The van der Waals surface area contributed by atoms with Gasteiger partial charge in [0.2, 0.25) is 0 Å². The molecule has 0 aliphatic carbocycles. The zero-order chi connectivity index (χ0) is 12.2. The van der Waals surface area contributed by atoms with E-state index in [0.29, 0.717) is 6.04 Å². The fourth-order valence-corrected chi connectivity index (χ4v) is 2.04. The Morgan fingerprint density at radius 3 is 2.56 bits per heavy atom. The van der Waals surface area contributed by atoms with Gasteiger partial charge in [-0.15, -0.1) is 0 Å². The van der Waals surface area contributed by atoms with E-state index in [9.17, 15) is 0 Å². The molecule has 0 aliphatic heterocycles. The molecule has 2 nitrogen and oxygen atoms in total. The first-order valence-electron chi connectivity index (χ1n) is 5.49. The Kier molecular flexibility index (Phi) is 4.96. The lowest BCUT2D eigenvalue weighted by molar-refractivity contribution is 0.0214. The third kappa shape index (κ3) is 3.89. The lowest BCUT2D eigenvalue weighted by Crippen LogP contribution is -2.37. The van der Waals surface area contributed by atoms with Gasteiger partial charge in [0.15, 0.2) is 0 Å². The Balaban J connectivity index is 2.60. The van der Waals surface area contributed by atoms with E-state index >= 15 is 0 Å². The third-order valence-corrected chi connectivity index (χ3v) is 3.48. The maximum atomic E-state index is 5.38. The van der Waals surface area contributed by atoms with Gasteiger partial charge >= 0.3 is 0 Å². The standard InChI is InChI=1S/C13H20BrNO/c1-10(15-9-13(2,3)16-4)11-7-5-6-8-12(11)14/h5-8,10,15H,9H2,1-4H3. The maximum absolute atomic E-state index is 5.38. The zero-order valence-corrected chi connectivity index (χ0v) is 12.0. The van der Waals surface area contributed by atoms with Crippen molar-refractivity contribution in [3.8, 4) is 0 Å². The molecular formula is C13H20BrNO. The van der Waals surface area contributed by atoms with Crippen molar-refractivity contribution in [2.45, 2.75) is 32.4 Å². The van der Waals surface area contributed by atoms with Crippen LogP contribution in [0.15, 0.2) is 28.7 Å². The molecule has 90 valence electrons. The maximum Gasteiger partial charge on any atom is 0.0746 e. The molecule has 0 fully saturated rings. The van der Waals surface area contributed by atoms with Crippen molar-refractivity contribution < 1.29 is 4.74 Å². The van der Waals surface area contributed by atoms with Gasteiger partial charge in [-0.1, -0.05) is 34.1 Å². The van der Waals surface area contributed by atoms with Crippen LogP contribution in [-0.2, 0) is 4.74 Å². The normalized spacial score (nSPS) is 13.8. The largest absolute Gasteiger partial charge is 0.377 e. The van der Waals surface area contributed by atoms with E-state index in [4.69, 9.17) is 4.74 Å².